The van der Waals surface area contributed by atoms with Gasteiger partial charge in [0.1, 0.15) is 5.82 Å². The third kappa shape index (κ3) is 2.53. The molecule has 2 aliphatic rings. The molecule has 2 aliphatic heterocycles. The fourth-order valence-corrected chi connectivity index (χ4v) is 4.16. The monoisotopic (exact) mass is 285 g/mol. The highest BCUT2D eigenvalue weighted by atomic mass is 32.2. The van der Waals surface area contributed by atoms with E-state index in [1.165, 1.54) is 0 Å². The number of imidazole rings is 1. The molecule has 0 unspecified atom stereocenters. The molecular formula is C11H19N5O2S. The summed E-state index contributed by atoms with van der Waals surface area (Å²) in [6.45, 7) is 4.33. The lowest BCUT2D eigenvalue weighted by molar-refractivity contribution is 0.298. The lowest BCUT2D eigenvalue weighted by atomic mass is 10.4. The molecule has 0 saturated carbocycles. The highest BCUT2D eigenvalue weighted by Gasteiger charge is 2.32. The van der Waals surface area contributed by atoms with Crippen molar-refractivity contribution in [3.8, 4) is 0 Å². The minimum atomic E-state index is -3.36. The van der Waals surface area contributed by atoms with E-state index in [0.29, 0.717) is 32.7 Å². The first kappa shape index (κ1) is 13.0. The van der Waals surface area contributed by atoms with Crippen molar-refractivity contribution in [3.63, 3.8) is 0 Å². The second-order valence-corrected chi connectivity index (χ2v) is 6.81. The summed E-state index contributed by atoms with van der Waals surface area (Å²) >= 11 is 0. The van der Waals surface area contributed by atoms with Crippen LogP contribution in [0.1, 0.15) is 12.2 Å². The van der Waals surface area contributed by atoms with Crippen LogP contribution in [0, 0.1) is 0 Å². The average Bonchev–Trinajstić information content (AvgIpc) is 2.69. The molecule has 0 amide bonds. The molecule has 1 saturated heterocycles. The number of fused-ring (bicyclic) bond motifs is 1. The van der Waals surface area contributed by atoms with E-state index in [-0.39, 0.29) is 0 Å². The van der Waals surface area contributed by atoms with Gasteiger partial charge in [0.2, 0.25) is 0 Å². The van der Waals surface area contributed by atoms with Crippen LogP contribution in [-0.2, 0) is 23.3 Å². The van der Waals surface area contributed by atoms with Crippen molar-refractivity contribution in [2.75, 3.05) is 32.7 Å². The molecule has 1 aromatic heterocycles. The van der Waals surface area contributed by atoms with Gasteiger partial charge in [0.25, 0.3) is 10.2 Å². The normalized spacial score (nSPS) is 22.9. The SMILES string of the molecule is O=S(=O)(N1CCCNCC1)N1CCn2ccnc2C1. The molecule has 1 N–H and O–H groups in total. The topological polar surface area (TPSA) is 70.5 Å². The summed E-state index contributed by atoms with van der Waals surface area (Å²) in [5.41, 5.74) is 0. The van der Waals surface area contributed by atoms with E-state index in [1.54, 1.807) is 14.8 Å². The Kier molecular flexibility index (Phi) is 3.57. The third-order valence-electron chi connectivity index (χ3n) is 3.66. The summed E-state index contributed by atoms with van der Waals surface area (Å²) in [4.78, 5) is 4.21. The van der Waals surface area contributed by atoms with Gasteiger partial charge in [0.15, 0.2) is 0 Å². The maximum Gasteiger partial charge on any atom is 0.282 e. The zero-order chi connectivity index (χ0) is 13.3. The van der Waals surface area contributed by atoms with E-state index in [1.807, 2.05) is 10.8 Å². The first-order valence-electron chi connectivity index (χ1n) is 6.64. The molecule has 1 aromatic rings. The number of hydrogen-bond donors (Lipinski definition) is 1. The smallest absolute Gasteiger partial charge is 0.282 e. The summed E-state index contributed by atoms with van der Waals surface area (Å²) in [6, 6.07) is 0. The van der Waals surface area contributed by atoms with Gasteiger partial charge < -0.3 is 9.88 Å². The Morgan fingerprint density at radius 1 is 1.11 bits per heavy atom. The van der Waals surface area contributed by atoms with Crippen LogP contribution < -0.4 is 5.32 Å². The van der Waals surface area contributed by atoms with Crippen LogP contribution in [0.3, 0.4) is 0 Å². The van der Waals surface area contributed by atoms with E-state index in [0.717, 1.165) is 25.3 Å². The Hall–Kier alpha value is -0.960. The Morgan fingerprint density at radius 2 is 2.00 bits per heavy atom. The molecule has 3 rings (SSSR count). The molecule has 8 heteroatoms. The molecule has 1 fully saturated rings. The standard InChI is InChI=1S/C11H19N5O2S/c17-19(18,15-5-1-2-12-3-7-15)16-9-8-14-6-4-13-11(14)10-16/h4,6,12H,1-3,5,7-10H2. The van der Waals surface area contributed by atoms with Gasteiger partial charge in [0.05, 0.1) is 6.54 Å². The first-order valence-corrected chi connectivity index (χ1v) is 8.03. The molecule has 19 heavy (non-hydrogen) atoms. The minimum Gasteiger partial charge on any atom is -0.333 e. The van der Waals surface area contributed by atoms with Crippen molar-refractivity contribution in [3.05, 3.63) is 18.2 Å². The molecule has 0 aliphatic carbocycles. The lowest BCUT2D eigenvalue weighted by Crippen LogP contribution is -2.47. The van der Waals surface area contributed by atoms with Gasteiger partial charge in [-0.2, -0.15) is 17.0 Å². The van der Waals surface area contributed by atoms with Crippen LogP contribution >= 0.6 is 0 Å². The number of rotatable bonds is 2. The Balaban J connectivity index is 1.77. The predicted octanol–water partition coefficient (Wildman–Crippen LogP) is -0.761. The molecule has 0 radical (unpaired) electrons. The van der Waals surface area contributed by atoms with Crippen LogP contribution in [0.5, 0.6) is 0 Å². The van der Waals surface area contributed by atoms with Crippen molar-refractivity contribution < 1.29 is 8.42 Å². The van der Waals surface area contributed by atoms with Gasteiger partial charge in [-0.1, -0.05) is 0 Å². The van der Waals surface area contributed by atoms with E-state index < -0.39 is 10.2 Å². The van der Waals surface area contributed by atoms with Crippen molar-refractivity contribution in [2.24, 2.45) is 0 Å². The highest BCUT2D eigenvalue weighted by molar-refractivity contribution is 7.86. The van der Waals surface area contributed by atoms with Crippen LogP contribution in [0.25, 0.3) is 0 Å². The van der Waals surface area contributed by atoms with E-state index in [9.17, 15) is 8.42 Å². The number of nitrogens with one attached hydrogen (secondary N) is 1. The third-order valence-corrected chi connectivity index (χ3v) is 5.64. The number of nitrogens with zero attached hydrogens (tertiary/aromatic N) is 4. The van der Waals surface area contributed by atoms with Crippen LogP contribution in [0.2, 0.25) is 0 Å². The van der Waals surface area contributed by atoms with Gasteiger partial charge in [-0.3, -0.25) is 0 Å². The van der Waals surface area contributed by atoms with Crippen LogP contribution in [-0.4, -0.2) is 59.3 Å². The molecule has 7 nitrogen and oxygen atoms in total. The average molecular weight is 285 g/mol. The Labute approximate surface area is 113 Å². The maximum atomic E-state index is 12.6. The molecular weight excluding hydrogens is 266 g/mol. The van der Waals surface area contributed by atoms with Gasteiger partial charge in [-0.05, 0) is 13.0 Å². The summed E-state index contributed by atoms with van der Waals surface area (Å²) in [5.74, 6) is 0.822. The summed E-state index contributed by atoms with van der Waals surface area (Å²) in [7, 11) is -3.36. The molecule has 0 atom stereocenters. The van der Waals surface area contributed by atoms with Crippen LogP contribution in [0.15, 0.2) is 12.4 Å². The quantitative estimate of drug-likeness (QED) is 0.775. The molecule has 3 heterocycles. The minimum absolute atomic E-state index is 0.374. The maximum absolute atomic E-state index is 12.6. The highest BCUT2D eigenvalue weighted by Crippen LogP contribution is 2.17. The predicted molar refractivity (Wildman–Crippen MR) is 70.6 cm³/mol. The van der Waals surface area contributed by atoms with Crippen LogP contribution in [0.4, 0.5) is 0 Å². The van der Waals surface area contributed by atoms with Crippen molar-refractivity contribution in [1.82, 2.24) is 23.5 Å². The summed E-state index contributed by atoms with van der Waals surface area (Å²) in [6.07, 6.45) is 4.48. The molecule has 0 spiro atoms. The van der Waals surface area contributed by atoms with Gasteiger partial charge >= 0.3 is 0 Å². The molecule has 0 bridgehead atoms. The zero-order valence-corrected chi connectivity index (χ0v) is 11.6. The first-order chi connectivity index (χ1) is 9.18. The fourth-order valence-electron chi connectivity index (χ4n) is 2.56. The lowest BCUT2D eigenvalue weighted by Gasteiger charge is -2.31. The van der Waals surface area contributed by atoms with E-state index in [4.69, 9.17) is 0 Å². The van der Waals surface area contributed by atoms with E-state index in [2.05, 4.69) is 10.3 Å². The second-order valence-electron chi connectivity index (χ2n) is 4.88. The molecule has 0 aromatic carbocycles. The summed E-state index contributed by atoms with van der Waals surface area (Å²) in [5, 5.41) is 3.22. The van der Waals surface area contributed by atoms with Gasteiger partial charge in [0, 0.05) is 45.1 Å². The second kappa shape index (κ2) is 5.20. The largest absolute Gasteiger partial charge is 0.333 e. The van der Waals surface area contributed by atoms with Crippen molar-refractivity contribution in [2.45, 2.75) is 19.5 Å². The van der Waals surface area contributed by atoms with Crippen molar-refractivity contribution in [1.29, 1.82) is 0 Å². The van der Waals surface area contributed by atoms with Gasteiger partial charge in [-0.25, -0.2) is 4.98 Å². The fraction of sp³-hybridized carbons (Fsp3) is 0.727. The van der Waals surface area contributed by atoms with Gasteiger partial charge in [-0.15, -0.1) is 0 Å². The number of aromatic nitrogens is 2. The van der Waals surface area contributed by atoms with Crippen molar-refractivity contribution >= 4 is 10.2 Å². The summed E-state index contributed by atoms with van der Waals surface area (Å²) < 4.78 is 30.4. The Morgan fingerprint density at radius 3 is 2.89 bits per heavy atom. The van der Waals surface area contributed by atoms with E-state index >= 15 is 0 Å². The Bertz CT molecular complexity index is 533. The number of hydrogen-bond acceptors (Lipinski definition) is 4. The molecule has 106 valence electrons. The zero-order valence-electron chi connectivity index (χ0n) is 10.8.